The summed E-state index contributed by atoms with van der Waals surface area (Å²) in [4.78, 5) is 0. The van der Waals surface area contributed by atoms with Crippen molar-refractivity contribution in [3.8, 4) is 11.1 Å². The fraction of sp³-hybridized carbons (Fsp3) is 0.0400. The minimum atomic E-state index is 1.11. The Hall–Kier alpha value is -2.64. The fourth-order valence-corrected chi connectivity index (χ4v) is 4.29. The molecule has 0 spiro atoms. The third kappa shape index (κ3) is 2.43. The Morgan fingerprint density at radius 3 is 1.85 bits per heavy atom. The molecule has 1 heteroatoms. The summed E-state index contributed by atoms with van der Waals surface area (Å²) < 4.78 is 1.11. The van der Waals surface area contributed by atoms with E-state index in [4.69, 9.17) is 0 Å². The van der Waals surface area contributed by atoms with Crippen LogP contribution in [-0.2, 0) is 0 Å². The van der Waals surface area contributed by atoms with Crippen molar-refractivity contribution in [1.82, 2.24) is 0 Å². The van der Waals surface area contributed by atoms with Crippen LogP contribution in [0.4, 0.5) is 0 Å². The fourth-order valence-electron chi connectivity index (χ4n) is 3.93. The minimum Gasteiger partial charge on any atom is -0.0616 e. The lowest BCUT2D eigenvalue weighted by Crippen LogP contribution is -1.85. The molecule has 0 heterocycles. The van der Waals surface area contributed by atoms with Crippen LogP contribution < -0.4 is 0 Å². The van der Waals surface area contributed by atoms with Gasteiger partial charge in [0.2, 0.25) is 0 Å². The first kappa shape index (κ1) is 15.6. The number of rotatable bonds is 1. The van der Waals surface area contributed by atoms with Crippen LogP contribution >= 0.6 is 15.9 Å². The Balaban J connectivity index is 1.94. The van der Waals surface area contributed by atoms with Gasteiger partial charge in [0, 0.05) is 4.47 Å². The van der Waals surface area contributed by atoms with Crippen LogP contribution in [0.1, 0.15) is 5.56 Å². The highest BCUT2D eigenvalue weighted by Gasteiger charge is 2.10. The summed E-state index contributed by atoms with van der Waals surface area (Å²) in [5, 5.41) is 7.83. The Morgan fingerprint density at radius 1 is 0.500 bits per heavy atom. The molecule has 5 aromatic carbocycles. The summed E-state index contributed by atoms with van der Waals surface area (Å²) in [6.45, 7) is 2.14. The highest BCUT2D eigenvalue weighted by atomic mass is 79.9. The molecule has 5 aromatic rings. The Morgan fingerprint density at radius 2 is 1.12 bits per heavy atom. The van der Waals surface area contributed by atoms with Crippen LogP contribution in [0.25, 0.3) is 43.4 Å². The molecule has 0 aliphatic rings. The number of hydrogen-bond donors (Lipinski definition) is 0. The molecule has 0 saturated heterocycles. The van der Waals surface area contributed by atoms with Crippen LogP contribution in [0.2, 0.25) is 0 Å². The minimum absolute atomic E-state index is 1.11. The van der Waals surface area contributed by atoms with Crippen molar-refractivity contribution in [2.45, 2.75) is 6.92 Å². The maximum absolute atomic E-state index is 3.66. The monoisotopic (exact) mass is 396 g/mol. The van der Waals surface area contributed by atoms with Crippen molar-refractivity contribution >= 4 is 48.2 Å². The second-order valence-corrected chi connectivity index (χ2v) is 7.78. The van der Waals surface area contributed by atoms with E-state index < -0.39 is 0 Å². The van der Waals surface area contributed by atoms with Crippen LogP contribution in [-0.4, -0.2) is 0 Å². The molecule has 0 atom stereocenters. The smallest absolute Gasteiger partial charge is 0.0181 e. The lowest BCUT2D eigenvalue weighted by Gasteiger charge is -2.12. The molecule has 0 N–H and O–H groups in total. The van der Waals surface area contributed by atoms with Crippen molar-refractivity contribution in [3.63, 3.8) is 0 Å². The normalized spacial score (nSPS) is 11.5. The second kappa shape index (κ2) is 5.96. The summed E-state index contributed by atoms with van der Waals surface area (Å²) in [5.41, 5.74) is 3.81. The first-order chi connectivity index (χ1) is 12.7. The molecule has 0 unspecified atom stereocenters. The van der Waals surface area contributed by atoms with Crippen LogP contribution in [0, 0.1) is 6.92 Å². The molecule has 124 valence electrons. The predicted octanol–water partition coefficient (Wildman–Crippen LogP) is 7.88. The van der Waals surface area contributed by atoms with Crippen molar-refractivity contribution in [1.29, 1.82) is 0 Å². The molecule has 0 fully saturated rings. The van der Waals surface area contributed by atoms with Gasteiger partial charge in [0.15, 0.2) is 0 Å². The van der Waals surface area contributed by atoms with Gasteiger partial charge in [-0.25, -0.2) is 0 Å². The zero-order valence-electron chi connectivity index (χ0n) is 14.5. The van der Waals surface area contributed by atoms with Gasteiger partial charge in [0.05, 0.1) is 0 Å². The van der Waals surface area contributed by atoms with Gasteiger partial charge in [-0.2, -0.15) is 0 Å². The van der Waals surface area contributed by atoms with E-state index in [0.29, 0.717) is 0 Å². The molecule has 0 bridgehead atoms. The van der Waals surface area contributed by atoms with Gasteiger partial charge < -0.3 is 0 Å². The zero-order valence-corrected chi connectivity index (χ0v) is 16.0. The van der Waals surface area contributed by atoms with E-state index in [1.165, 1.54) is 49.0 Å². The van der Waals surface area contributed by atoms with Gasteiger partial charge in [-0.3, -0.25) is 0 Å². The van der Waals surface area contributed by atoms with Gasteiger partial charge in [0.1, 0.15) is 0 Å². The zero-order chi connectivity index (χ0) is 17.7. The Kier molecular flexibility index (Phi) is 3.58. The highest BCUT2D eigenvalue weighted by molar-refractivity contribution is 9.10. The van der Waals surface area contributed by atoms with E-state index in [0.717, 1.165) is 4.47 Å². The van der Waals surface area contributed by atoms with Crippen molar-refractivity contribution in [2.75, 3.05) is 0 Å². The van der Waals surface area contributed by atoms with Crippen molar-refractivity contribution in [3.05, 3.63) is 95.0 Å². The van der Waals surface area contributed by atoms with E-state index in [2.05, 4.69) is 108 Å². The molecule has 0 aliphatic carbocycles. The van der Waals surface area contributed by atoms with Gasteiger partial charge >= 0.3 is 0 Å². The summed E-state index contributed by atoms with van der Waals surface area (Å²) in [7, 11) is 0. The molecule has 0 aliphatic heterocycles. The number of aryl methyl sites for hydroxylation is 1. The van der Waals surface area contributed by atoms with E-state index in [1.807, 2.05) is 0 Å². The number of hydrogen-bond acceptors (Lipinski definition) is 0. The van der Waals surface area contributed by atoms with E-state index in [9.17, 15) is 0 Å². The molecule has 26 heavy (non-hydrogen) atoms. The van der Waals surface area contributed by atoms with Crippen LogP contribution in [0.5, 0.6) is 0 Å². The lowest BCUT2D eigenvalue weighted by molar-refractivity contribution is 1.47. The van der Waals surface area contributed by atoms with E-state index in [-0.39, 0.29) is 0 Å². The molecule has 0 aromatic heterocycles. The van der Waals surface area contributed by atoms with Gasteiger partial charge in [-0.1, -0.05) is 88.2 Å². The third-order valence-corrected chi connectivity index (χ3v) is 5.64. The summed E-state index contributed by atoms with van der Waals surface area (Å²) in [6.07, 6.45) is 0. The summed E-state index contributed by atoms with van der Waals surface area (Å²) >= 11 is 3.66. The topological polar surface area (TPSA) is 0 Å². The summed E-state index contributed by atoms with van der Waals surface area (Å²) in [5.74, 6) is 0. The van der Waals surface area contributed by atoms with E-state index in [1.54, 1.807) is 0 Å². The van der Waals surface area contributed by atoms with Crippen molar-refractivity contribution < 1.29 is 0 Å². The SMILES string of the molecule is Cc1cccc(-c2ccc3c4ccccc4c4ccc(Br)cc4c3c2)c1. The first-order valence-electron chi connectivity index (χ1n) is 8.81. The van der Waals surface area contributed by atoms with Gasteiger partial charge in [-0.15, -0.1) is 0 Å². The lowest BCUT2D eigenvalue weighted by atomic mass is 9.92. The van der Waals surface area contributed by atoms with Crippen molar-refractivity contribution in [2.24, 2.45) is 0 Å². The first-order valence-corrected chi connectivity index (χ1v) is 9.61. The van der Waals surface area contributed by atoms with Crippen LogP contribution in [0.15, 0.2) is 89.4 Å². The standard InChI is InChI=1S/C25H17Br/c1-16-5-4-6-17(13-16)18-9-11-22-20-7-2-3-8-21(20)23-12-10-19(26)15-25(23)24(22)14-18/h2-15H,1H3. The molecular formula is C25H17Br. The number of benzene rings is 5. The third-order valence-electron chi connectivity index (χ3n) is 5.15. The van der Waals surface area contributed by atoms with Gasteiger partial charge in [-0.05, 0) is 68.6 Å². The Labute approximate surface area is 161 Å². The summed E-state index contributed by atoms with van der Waals surface area (Å²) in [6, 6.07) is 30.9. The predicted molar refractivity (Wildman–Crippen MR) is 117 cm³/mol. The average molecular weight is 397 g/mol. The number of fused-ring (bicyclic) bond motifs is 6. The average Bonchev–Trinajstić information content (AvgIpc) is 2.68. The van der Waals surface area contributed by atoms with Crippen LogP contribution in [0.3, 0.4) is 0 Å². The molecule has 0 nitrogen and oxygen atoms in total. The largest absolute Gasteiger partial charge is 0.0616 e. The molecular weight excluding hydrogens is 380 g/mol. The molecule has 0 amide bonds. The molecule has 5 rings (SSSR count). The number of halogens is 1. The quantitative estimate of drug-likeness (QED) is 0.252. The maximum atomic E-state index is 3.66. The maximum Gasteiger partial charge on any atom is 0.0181 e. The highest BCUT2D eigenvalue weighted by Crippen LogP contribution is 2.38. The molecule has 0 radical (unpaired) electrons. The van der Waals surface area contributed by atoms with E-state index >= 15 is 0 Å². The van der Waals surface area contributed by atoms with Gasteiger partial charge in [0.25, 0.3) is 0 Å². The Bertz CT molecular complexity index is 1300. The second-order valence-electron chi connectivity index (χ2n) is 6.87. The molecule has 0 saturated carbocycles.